The van der Waals surface area contributed by atoms with E-state index in [-0.39, 0.29) is 0 Å². The fourth-order valence-corrected chi connectivity index (χ4v) is 2.90. The maximum atomic E-state index is 11.2. The molecule has 142 valence electrons. The van der Waals surface area contributed by atoms with E-state index in [2.05, 4.69) is 8.37 Å². The van der Waals surface area contributed by atoms with Crippen molar-refractivity contribution >= 4 is 20.8 Å². The summed E-state index contributed by atoms with van der Waals surface area (Å²) in [5, 5.41) is 0. The lowest BCUT2D eigenvalue weighted by Gasteiger charge is -2.26. The molecule has 2 rings (SSSR count). The van der Waals surface area contributed by atoms with Crippen LogP contribution >= 0.6 is 0 Å². The summed E-state index contributed by atoms with van der Waals surface area (Å²) in [4.78, 5) is 0. The number of hydrogen-bond acceptors (Lipinski definition) is 7. The van der Waals surface area contributed by atoms with Gasteiger partial charge in [-0.1, -0.05) is 48.5 Å². The smallest absolute Gasteiger partial charge is 0.397 e. The Morgan fingerprint density at radius 3 is 1.85 bits per heavy atom. The summed E-state index contributed by atoms with van der Waals surface area (Å²) in [6.07, 6.45) is -2.79. The fraction of sp³-hybridized carbons (Fsp3) is 0.200. The number of para-hydroxylation sites is 1. The van der Waals surface area contributed by atoms with Crippen LogP contribution in [0.3, 0.4) is 0 Å². The molecule has 2 aromatic rings. The van der Waals surface area contributed by atoms with Crippen molar-refractivity contribution in [2.75, 3.05) is 6.61 Å². The molecular weight excluding hydrogens is 388 g/mol. The second-order valence-electron chi connectivity index (χ2n) is 5.04. The quantitative estimate of drug-likeness (QED) is 0.599. The molecular formula is C15H16O9S2. The Balaban J connectivity index is 2.38. The van der Waals surface area contributed by atoms with Crippen LogP contribution in [0.2, 0.25) is 0 Å². The summed E-state index contributed by atoms with van der Waals surface area (Å²) in [6.45, 7) is -0.926. The maximum absolute atomic E-state index is 11.2. The lowest BCUT2D eigenvalue weighted by molar-refractivity contribution is 0.0175. The Bertz CT molecular complexity index is 897. The maximum Gasteiger partial charge on any atom is 0.397 e. The SMILES string of the molecule is O=S(=O)(O)OC[C@@H](OS(=O)(=O)O)[C@@H](Oc1ccccc1)c1ccccc1. The first kappa shape index (κ1) is 20.3. The molecule has 2 aromatic carbocycles. The van der Waals surface area contributed by atoms with E-state index in [0.29, 0.717) is 11.3 Å². The molecule has 0 aliphatic heterocycles. The van der Waals surface area contributed by atoms with Crippen molar-refractivity contribution in [2.45, 2.75) is 12.2 Å². The highest BCUT2D eigenvalue weighted by Crippen LogP contribution is 2.28. The largest absolute Gasteiger partial charge is 0.483 e. The first-order valence-corrected chi connectivity index (χ1v) is 9.91. The van der Waals surface area contributed by atoms with Gasteiger partial charge in [-0.2, -0.15) is 16.8 Å². The van der Waals surface area contributed by atoms with Crippen molar-refractivity contribution < 1.29 is 39.0 Å². The average Bonchev–Trinajstić information content (AvgIpc) is 2.57. The van der Waals surface area contributed by atoms with Crippen LogP contribution in [0.15, 0.2) is 60.7 Å². The molecule has 0 bridgehead atoms. The van der Waals surface area contributed by atoms with Crippen LogP contribution in [0.4, 0.5) is 0 Å². The van der Waals surface area contributed by atoms with Gasteiger partial charge in [0.05, 0.1) is 0 Å². The van der Waals surface area contributed by atoms with Crippen LogP contribution in [0, 0.1) is 0 Å². The highest BCUT2D eigenvalue weighted by molar-refractivity contribution is 7.81. The zero-order chi connectivity index (χ0) is 19.2. The van der Waals surface area contributed by atoms with Gasteiger partial charge in [0, 0.05) is 0 Å². The molecule has 0 amide bonds. The lowest BCUT2D eigenvalue weighted by Crippen LogP contribution is -2.34. The lowest BCUT2D eigenvalue weighted by atomic mass is 10.0. The minimum Gasteiger partial charge on any atom is -0.483 e. The van der Waals surface area contributed by atoms with E-state index in [1.807, 2.05) is 0 Å². The van der Waals surface area contributed by atoms with Crippen molar-refractivity contribution in [3.05, 3.63) is 66.2 Å². The summed E-state index contributed by atoms with van der Waals surface area (Å²) in [6, 6.07) is 16.4. The van der Waals surface area contributed by atoms with Gasteiger partial charge in [0.25, 0.3) is 0 Å². The van der Waals surface area contributed by atoms with E-state index >= 15 is 0 Å². The predicted molar refractivity (Wildman–Crippen MR) is 90.2 cm³/mol. The summed E-state index contributed by atoms with van der Waals surface area (Å²) < 4.78 is 76.2. The van der Waals surface area contributed by atoms with Crippen molar-refractivity contribution in [2.24, 2.45) is 0 Å². The van der Waals surface area contributed by atoms with Crippen molar-refractivity contribution in [1.82, 2.24) is 0 Å². The third kappa shape index (κ3) is 7.07. The Morgan fingerprint density at radius 2 is 1.35 bits per heavy atom. The molecule has 0 spiro atoms. The van der Waals surface area contributed by atoms with Gasteiger partial charge in [0.15, 0.2) is 6.10 Å². The molecule has 2 atom stereocenters. The summed E-state index contributed by atoms with van der Waals surface area (Å²) in [7, 11) is -9.85. The molecule has 0 aliphatic rings. The van der Waals surface area contributed by atoms with E-state index in [0.717, 1.165) is 0 Å². The molecule has 0 fully saturated rings. The number of hydrogen-bond donors (Lipinski definition) is 2. The van der Waals surface area contributed by atoms with Gasteiger partial charge < -0.3 is 4.74 Å². The third-order valence-electron chi connectivity index (χ3n) is 3.10. The van der Waals surface area contributed by atoms with Gasteiger partial charge in [-0.25, -0.2) is 8.37 Å². The van der Waals surface area contributed by atoms with Crippen LogP contribution in [0.1, 0.15) is 11.7 Å². The molecule has 0 saturated heterocycles. The van der Waals surface area contributed by atoms with Gasteiger partial charge in [-0.15, -0.1) is 0 Å². The zero-order valence-corrected chi connectivity index (χ0v) is 14.8. The fourth-order valence-electron chi connectivity index (χ4n) is 2.12. The summed E-state index contributed by atoms with van der Waals surface area (Å²) in [5.74, 6) is 0.331. The van der Waals surface area contributed by atoms with Gasteiger partial charge in [-0.3, -0.25) is 9.11 Å². The monoisotopic (exact) mass is 404 g/mol. The second-order valence-corrected chi connectivity index (χ2v) is 7.18. The second kappa shape index (κ2) is 8.58. The van der Waals surface area contributed by atoms with Gasteiger partial charge in [0.1, 0.15) is 18.5 Å². The van der Waals surface area contributed by atoms with Crippen LogP contribution in [0.25, 0.3) is 0 Å². The average molecular weight is 404 g/mol. The Morgan fingerprint density at radius 1 is 0.808 bits per heavy atom. The van der Waals surface area contributed by atoms with Crippen LogP contribution in [-0.2, 0) is 29.2 Å². The van der Waals surface area contributed by atoms with Crippen LogP contribution < -0.4 is 4.74 Å². The molecule has 0 unspecified atom stereocenters. The van der Waals surface area contributed by atoms with Gasteiger partial charge in [0.2, 0.25) is 0 Å². The first-order valence-electron chi connectivity index (χ1n) is 7.18. The summed E-state index contributed by atoms with van der Waals surface area (Å²) >= 11 is 0. The standard InChI is InChI=1S/C15H16O9S2/c16-25(17,18)22-11-14(24-26(19,20)21)15(12-7-3-1-4-8-12)23-13-9-5-2-6-10-13/h1-10,14-15H,11H2,(H,16,17,18)(H,19,20,21)/t14-,15+/m1/s1. The molecule has 9 nitrogen and oxygen atoms in total. The number of rotatable bonds is 9. The van der Waals surface area contributed by atoms with E-state index < -0.39 is 39.6 Å². The zero-order valence-electron chi connectivity index (χ0n) is 13.2. The van der Waals surface area contributed by atoms with Crippen LogP contribution in [0.5, 0.6) is 5.75 Å². The molecule has 0 aliphatic carbocycles. The normalized spacial score (nSPS) is 14.5. The predicted octanol–water partition coefficient (Wildman–Crippen LogP) is 1.81. The van der Waals surface area contributed by atoms with Crippen molar-refractivity contribution in [3.8, 4) is 5.75 Å². The van der Waals surface area contributed by atoms with Gasteiger partial charge in [-0.05, 0) is 17.7 Å². The van der Waals surface area contributed by atoms with E-state index in [9.17, 15) is 16.8 Å². The molecule has 0 saturated carbocycles. The molecule has 0 heterocycles. The van der Waals surface area contributed by atoms with E-state index in [1.54, 1.807) is 60.7 Å². The topological polar surface area (TPSA) is 136 Å². The van der Waals surface area contributed by atoms with Crippen LogP contribution in [-0.4, -0.2) is 38.7 Å². The van der Waals surface area contributed by atoms with Crippen molar-refractivity contribution in [3.63, 3.8) is 0 Å². The third-order valence-corrected chi connectivity index (χ3v) is 4.02. The molecule has 0 aromatic heterocycles. The van der Waals surface area contributed by atoms with Gasteiger partial charge >= 0.3 is 20.8 Å². The number of benzene rings is 2. The molecule has 26 heavy (non-hydrogen) atoms. The minimum absolute atomic E-state index is 0.331. The number of ether oxygens (including phenoxy) is 1. The highest BCUT2D eigenvalue weighted by Gasteiger charge is 2.32. The first-order chi connectivity index (χ1) is 12.1. The Hall–Kier alpha value is -2.02. The van der Waals surface area contributed by atoms with Crippen molar-refractivity contribution in [1.29, 1.82) is 0 Å². The highest BCUT2D eigenvalue weighted by atomic mass is 32.3. The molecule has 2 N–H and O–H groups in total. The van der Waals surface area contributed by atoms with E-state index in [4.69, 9.17) is 13.8 Å². The molecule has 11 heteroatoms. The van der Waals surface area contributed by atoms with E-state index in [1.165, 1.54) is 0 Å². The molecule has 0 radical (unpaired) electrons. The Labute approximate surface area is 151 Å². The minimum atomic E-state index is -4.97. The summed E-state index contributed by atoms with van der Waals surface area (Å²) in [5.41, 5.74) is 0.420. The Kier molecular flexibility index (Phi) is 6.69.